The van der Waals surface area contributed by atoms with E-state index in [1.165, 1.54) is 4.88 Å². The highest BCUT2D eigenvalue weighted by atomic mass is 32.1. The molecule has 0 bridgehead atoms. The zero-order valence-electron chi connectivity index (χ0n) is 15.7. The summed E-state index contributed by atoms with van der Waals surface area (Å²) in [6, 6.07) is 0.694. The van der Waals surface area contributed by atoms with Crippen LogP contribution in [0.15, 0.2) is 12.3 Å². The van der Waals surface area contributed by atoms with E-state index in [4.69, 9.17) is 9.90 Å². The number of halogens is 2. The van der Waals surface area contributed by atoms with Crippen molar-refractivity contribution in [3.05, 3.63) is 45.2 Å². The van der Waals surface area contributed by atoms with Crippen molar-refractivity contribution in [3.8, 4) is 0 Å². The van der Waals surface area contributed by atoms with Crippen LogP contribution in [0.3, 0.4) is 0 Å². The second-order valence-electron chi connectivity index (χ2n) is 6.25. The number of carbonyl (C=O) groups is 2. The van der Waals surface area contributed by atoms with Crippen molar-refractivity contribution in [1.82, 2.24) is 19.8 Å². The highest BCUT2D eigenvalue weighted by Crippen LogP contribution is 2.20. The Morgan fingerprint density at radius 1 is 1.29 bits per heavy atom. The van der Waals surface area contributed by atoms with Crippen molar-refractivity contribution in [1.29, 1.82) is 0 Å². The second kappa shape index (κ2) is 10.2. The molecule has 0 aliphatic carbocycles. The molecule has 1 aliphatic heterocycles. The minimum absolute atomic E-state index is 0.250. The average Bonchev–Trinajstić information content (AvgIpc) is 2.82. The molecule has 0 unspecified atom stereocenters. The zero-order chi connectivity index (χ0) is 20.7. The molecule has 0 radical (unpaired) electrons. The number of carboxylic acid groups (broad SMARTS) is 1. The maximum absolute atomic E-state index is 13.8. The minimum Gasteiger partial charge on any atom is -0.483 e. The first kappa shape index (κ1) is 21.8. The fourth-order valence-corrected chi connectivity index (χ4v) is 3.96. The van der Waals surface area contributed by atoms with Crippen molar-refractivity contribution in [3.63, 3.8) is 0 Å². The Morgan fingerprint density at radius 2 is 2.00 bits per heavy atom. The van der Waals surface area contributed by atoms with Gasteiger partial charge in [-0.2, -0.15) is 0 Å². The molecule has 10 heteroatoms. The lowest BCUT2D eigenvalue weighted by molar-refractivity contribution is -0.122. The molecule has 0 spiro atoms. The highest BCUT2D eigenvalue weighted by molar-refractivity contribution is 7.11. The molecular weight excluding hydrogens is 390 g/mol. The van der Waals surface area contributed by atoms with E-state index >= 15 is 0 Å². The monoisotopic (exact) mass is 412 g/mol. The quantitative estimate of drug-likeness (QED) is 0.780. The lowest BCUT2D eigenvalue weighted by atomic mass is 10.3. The molecule has 3 rings (SSSR count). The van der Waals surface area contributed by atoms with Crippen molar-refractivity contribution in [2.24, 2.45) is 0 Å². The molecule has 1 aliphatic rings. The van der Waals surface area contributed by atoms with Crippen LogP contribution in [0, 0.1) is 25.5 Å². The first-order valence-electron chi connectivity index (χ1n) is 8.69. The molecule has 28 heavy (non-hydrogen) atoms. The maximum atomic E-state index is 13.8. The van der Waals surface area contributed by atoms with Crippen LogP contribution in [0.5, 0.6) is 0 Å². The number of thiazole rings is 1. The average molecular weight is 412 g/mol. The van der Waals surface area contributed by atoms with E-state index in [-0.39, 0.29) is 12.2 Å². The lowest BCUT2D eigenvalue weighted by Gasteiger charge is -2.21. The fraction of sp³-hybridized carbons (Fsp3) is 0.444. The number of nitrogens with zero attached hydrogens (tertiary/aromatic N) is 4. The molecule has 0 atom stereocenters. The molecule has 2 aromatic rings. The molecule has 3 heterocycles. The smallest absolute Gasteiger partial charge is 0.290 e. The Balaban J connectivity index is 0.000000878. The van der Waals surface area contributed by atoms with E-state index < -0.39 is 17.5 Å². The van der Waals surface area contributed by atoms with Crippen molar-refractivity contribution in [2.75, 3.05) is 26.2 Å². The number of aryl methyl sites for hydroxylation is 2. The fourth-order valence-electron chi connectivity index (χ4n) is 2.98. The highest BCUT2D eigenvalue weighted by Gasteiger charge is 2.24. The third-order valence-electron chi connectivity index (χ3n) is 4.25. The molecule has 0 aromatic carbocycles. The van der Waals surface area contributed by atoms with E-state index in [1.807, 2.05) is 13.8 Å². The molecule has 1 N–H and O–H groups in total. The van der Waals surface area contributed by atoms with Gasteiger partial charge in [0.25, 0.3) is 12.4 Å². The van der Waals surface area contributed by atoms with Gasteiger partial charge in [-0.25, -0.2) is 18.7 Å². The van der Waals surface area contributed by atoms with Crippen molar-refractivity contribution < 1.29 is 23.5 Å². The van der Waals surface area contributed by atoms with Gasteiger partial charge in [0.2, 0.25) is 0 Å². The summed E-state index contributed by atoms with van der Waals surface area (Å²) in [5.41, 5.74) is 0.737. The van der Waals surface area contributed by atoms with E-state index in [1.54, 1.807) is 16.2 Å². The zero-order valence-corrected chi connectivity index (χ0v) is 16.5. The first-order chi connectivity index (χ1) is 13.3. The van der Waals surface area contributed by atoms with Gasteiger partial charge in [0, 0.05) is 43.7 Å². The van der Waals surface area contributed by atoms with E-state index in [2.05, 4.69) is 14.9 Å². The largest absolute Gasteiger partial charge is 0.483 e. The predicted molar refractivity (Wildman–Crippen MR) is 100 cm³/mol. The van der Waals surface area contributed by atoms with Crippen molar-refractivity contribution >= 4 is 23.7 Å². The summed E-state index contributed by atoms with van der Waals surface area (Å²) in [4.78, 5) is 34.0. The minimum atomic E-state index is -0.915. The summed E-state index contributed by atoms with van der Waals surface area (Å²) >= 11 is 1.69. The molecule has 7 nitrogen and oxygen atoms in total. The Bertz CT molecular complexity index is 831. The molecule has 152 valence electrons. The van der Waals surface area contributed by atoms with Gasteiger partial charge in [0.1, 0.15) is 5.82 Å². The summed E-state index contributed by atoms with van der Waals surface area (Å²) in [5.74, 6) is -2.18. The summed E-state index contributed by atoms with van der Waals surface area (Å²) in [6.07, 6.45) is 1.67. The van der Waals surface area contributed by atoms with Gasteiger partial charge in [0.05, 0.1) is 16.9 Å². The van der Waals surface area contributed by atoms with Gasteiger partial charge in [-0.3, -0.25) is 14.5 Å². The number of pyridine rings is 1. The normalized spacial score (nSPS) is 14.8. The predicted octanol–water partition coefficient (Wildman–Crippen LogP) is 2.48. The van der Waals surface area contributed by atoms with E-state index in [0.717, 1.165) is 36.4 Å². The van der Waals surface area contributed by atoms with Gasteiger partial charge < -0.3 is 10.0 Å². The molecule has 1 amide bonds. The second-order valence-corrected chi connectivity index (χ2v) is 7.54. The molecular formula is C18H22F2N4O3S. The lowest BCUT2D eigenvalue weighted by Crippen LogP contribution is -2.36. The molecule has 1 saturated heterocycles. The van der Waals surface area contributed by atoms with Crippen LogP contribution >= 0.6 is 11.3 Å². The third kappa shape index (κ3) is 5.77. The van der Waals surface area contributed by atoms with E-state index in [0.29, 0.717) is 25.7 Å². The summed E-state index contributed by atoms with van der Waals surface area (Å²) < 4.78 is 26.8. The van der Waals surface area contributed by atoms with Crippen LogP contribution in [0.2, 0.25) is 0 Å². The van der Waals surface area contributed by atoms with Crippen LogP contribution in [0.4, 0.5) is 8.78 Å². The first-order valence-corrected chi connectivity index (χ1v) is 9.50. The Labute approximate surface area is 165 Å². The van der Waals surface area contributed by atoms with Gasteiger partial charge in [0.15, 0.2) is 11.5 Å². The SMILES string of the molecule is Cc1nc(C)c(CN2CCCN(C(=O)c3ncc(F)cc3F)CC2)s1.O=CO. The Morgan fingerprint density at radius 3 is 2.61 bits per heavy atom. The van der Waals surface area contributed by atoms with Crippen LogP contribution < -0.4 is 0 Å². The standard InChI is InChI=1S/C17H20F2N4OS.CH2O2/c1-11-15(25-12(2)21-11)10-22-4-3-5-23(7-6-22)17(24)16-14(19)8-13(18)9-20-16;2-1-3/h8-9H,3-7,10H2,1-2H3;1H,(H,2,3). The number of hydrogen-bond acceptors (Lipinski definition) is 6. The Kier molecular flexibility index (Phi) is 7.94. The maximum Gasteiger partial charge on any atom is 0.290 e. The molecule has 0 saturated carbocycles. The van der Waals surface area contributed by atoms with Gasteiger partial charge >= 0.3 is 0 Å². The van der Waals surface area contributed by atoms with Gasteiger partial charge in [-0.15, -0.1) is 11.3 Å². The van der Waals surface area contributed by atoms with Gasteiger partial charge in [-0.05, 0) is 20.3 Å². The van der Waals surface area contributed by atoms with Crippen LogP contribution in [-0.2, 0) is 11.3 Å². The number of hydrogen-bond donors (Lipinski definition) is 1. The van der Waals surface area contributed by atoms with Crippen LogP contribution in [0.25, 0.3) is 0 Å². The summed E-state index contributed by atoms with van der Waals surface area (Å²) in [6.45, 7) is 7.15. The van der Waals surface area contributed by atoms with Gasteiger partial charge in [-0.1, -0.05) is 0 Å². The number of aromatic nitrogens is 2. The summed E-state index contributed by atoms with van der Waals surface area (Å²) in [7, 11) is 0. The van der Waals surface area contributed by atoms with Crippen LogP contribution in [0.1, 0.15) is 32.5 Å². The Hall–Kier alpha value is -2.46. The topological polar surface area (TPSA) is 86.6 Å². The number of rotatable bonds is 3. The summed E-state index contributed by atoms with van der Waals surface area (Å²) in [5, 5.41) is 7.94. The molecule has 1 fully saturated rings. The van der Waals surface area contributed by atoms with Crippen LogP contribution in [-0.4, -0.2) is 63.4 Å². The van der Waals surface area contributed by atoms with E-state index in [9.17, 15) is 13.6 Å². The number of amides is 1. The molecule has 2 aromatic heterocycles. The third-order valence-corrected chi connectivity index (χ3v) is 5.31. The van der Waals surface area contributed by atoms with Crippen molar-refractivity contribution in [2.45, 2.75) is 26.8 Å². The number of carbonyl (C=O) groups excluding carboxylic acids is 1.